The van der Waals surface area contributed by atoms with E-state index >= 15 is 0 Å². The van der Waals surface area contributed by atoms with E-state index < -0.39 is 5.97 Å². The molecule has 1 heterocycles. The largest absolute Gasteiger partial charge is 0.481 e. The Hall–Kier alpha value is -0.650. The third-order valence-electron chi connectivity index (χ3n) is 4.14. The lowest BCUT2D eigenvalue weighted by Crippen LogP contribution is -2.34. The number of aliphatic hydroxyl groups is 1. The number of aliphatic hydroxyl groups excluding tert-OH is 1. The van der Waals surface area contributed by atoms with Crippen molar-refractivity contribution in [3.8, 4) is 0 Å². The molecule has 5 heteroatoms. The predicted molar refractivity (Wildman–Crippen MR) is 95.8 cm³/mol. The van der Waals surface area contributed by atoms with Crippen LogP contribution in [0.25, 0.3) is 0 Å². The molecule has 1 rings (SSSR count). The van der Waals surface area contributed by atoms with Crippen molar-refractivity contribution in [3.63, 3.8) is 0 Å². The molecule has 1 aliphatic heterocycles. The number of hydrogen-bond donors (Lipinski definition) is 4. The van der Waals surface area contributed by atoms with Gasteiger partial charge in [-0.15, -0.1) is 0 Å². The van der Waals surface area contributed by atoms with Crippen molar-refractivity contribution < 1.29 is 15.0 Å². The Morgan fingerprint density at radius 2 is 1.74 bits per heavy atom. The number of aliphatic carboxylic acids is 1. The van der Waals surface area contributed by atoms with Crippen LogP contribution in [-0.2, 0) is 4.79 Å². The lowest BCUT2D eigenvalue weighted by atomic mass is 10.0. The molecular formula is C18H38N2O3. The summed E-state index contributed by atoms with van der Waals surface area (Å²) in [7, 11) is 0. The summed E-state index contributed by atoms with van der Waals surface area (Å²) in [5.74, 6) is -0.805. The Kier molecular flexibility index (Phi) is 17.2. The zero-order chi connectivity index (χ0) is 17.2. The van der Waals surface area contributed by atoms with Gasteiger partial charge < -0.3 is 20.8 Å². The Morgan fingerprint density at radius 1 is 1.09 bits per heavy atom. The van der Waals surface area contributed by atoms with Crippen LogP contribution in [0.2, 0.25) is 0 Å². The summed E-state index contributed by atoms with van der Waals surface area (Å²) in [5.41, 5.74) is 0. The molecule has 23 heavy (non-hydrogen) atoms. The van der Waals surface area contributed by atoms with Gasteiger partial charge in [0.1, 0.15) is 0 Å². The molecule has 0 bridgehead atoms. The zero-order valence-corrected chi connectivity index (χ0v) is 15.0. The van der Waals surface area contributed by atoms with E-state index in [1.54, 1.807) is 0 Å². The molecule has 1 fully saturated rings. The van der Waals surface area contributed by atoms with Gasteiger partial charge in [0.25, 0.3) is 0 Å². The molecule has 0 aromatic carbocycles. The fourth-order valence-corrected chi connectivity index (χ4v) is 2.65. The Balaban J connectivity index is 0.000000459. The van der Waals surface area contributed by atoms with Gasteiger partial charge in [-0.05, 0) is 32.4 Å². The molecule has 0 aromatic heterocycles. The number of rotatable bonds is 12. The van der Waals surface area contributed by atoms with E-state index in [1.807, 2.05) is 0 Å². The SMILES string of the molecule is CCCCCCCCCCNCCO.O=C(O)[C@H]1CCCNC1. The second kappa shape index (κ2) is 17.7. The van der Waals surface area contributed by atoms with Gasteiger partial charge in [0.05, 0.1) is 12.5 Å². The van der Waals surface area contributed by atoms with E-state index in [-0.39, 0.29) is 12.5 Å². The van der Waals surface area contributed by atoms with Crippen LogP contribution < -0.4 is 10.6 Å². The topological polar surface area (TPSA) is 81.6 Å². The summed E-state index contributed by atoms with van der Waals surface area (Å²) >= 11 is 0. The molecule has 0 aromatic rings. The van der Waals surface area contributed by atoms with Gasteiger partial charge in [0.15, 0.2) is 0 Å². The molecule has 4 N–H and O–H groups in total. The summed E-state index contributed by atoms with van der Waals surface area (Å²) in [6.45, 7) is 5.95. The molecule has 0 amide bonds. The Bertz CT molecular complexity index is 245. The Labute approximate surface area is 142 Å². The van der Waals surface area contributed by atoms with Crippen LogP contribution in [0.5, 0.6) is 0 Å². The predicted octanol–water partition coefficient (Wildman–Crippen LogP) is 2.78. The van der Waals surface area contributed by atoms with E-state index in [0.717, 1.165) is 32.5 Å². The molecule has 138 valence electrons. The van der Waals surface area contributed by atoms with Gasteiger partial charge in [-0.1, -0.05) is 51.9 Å². The van der Waals surface area contributed by atoms with Gasteiger partial charge in [0, 0.05) is 13.1 Å². The number of carbonyl (C=O) groups is 1. The van der Waals surface area contributed by atoms with E-state index in [1.165, 1.54) is 51.4 Å². The molecule has 5 nitrogen and oxygen atoms in total. The van der Waals surface area contributed by atoms with Gasteiger partial charge in [-0.3, -0.25) is 4.79 Å². The smallest absolute Gasteiger partial charge is 0.307 e. The van der Waals surface area contributed by atoms with Gasteiger partial charge >= 0.3 is 5.97 Å². The quantitative estimate of drug-likeness (QED) is 0.414. The first kappa shape index (κ1) is 22.4. The highest BCUT2D eigenvalue weighted by Crippen LogP contribution is 2.09. The summed E-state index contributed by atoms with van der Waals surface area (Å²) in [5, 5.41) is 23.3. The highest BCUT2D eigenvalue weighted by atomic mass is 16.4. The summed E-state index contributed by atoms with van der Waals surface area (Å²) in [6.07, 6.45) is 12.8. The Morgan fingerprint density at radius 3 is 2.22 bits per heavy atom. The second-order valence-electron chi connectivity index (χ2n) is 6.33. The minimum Gasteiger partial charge on any atom is -0.481 e. The first-order valence-corrected chi connectivity index (χ1v) is 9.47. The van der Waals surface area contributed by atoms with Crippen molar-refractivity contribution in [1.82, 2.24) is 10.6 Å². The standard InChI is InChI=1S/C12H27NO.C6H11NO2/c1-2-3-4-5-6-7-8-9-10-13-11-12-14;8-6(9)5-2-1-3-7-4-5/h13-14H,2-12H2,1H3;5,7H,1-4H2,(H,8,9)/t;5-/m.0/s1. The minimum absolute atomic E-state index is 0.140. The molecule has 0 saturated carbocycles. The van der Waals surface area contributed by atoms with Crippen molar-refractivity contribution in [2.75, 3.05) is 32.8 Å². The maximum absolute atomic E-state index is 10.3. The molecule has 0 unspecified atom stereocenters. The van der Waals surface area contributed by atoms with E-state index in [4.69, 9.17) is 10.2 Å². The maximum atomic E-state index is 10.3. The van der Waals surface area contributed by atoms with Crippen molar-refractivity contribution in [3.05, 3.63) is 0 Å². The normalized spacial score (nSPS) is 17.4. The van der Waals surface area contributed by atoms with Crippen LogP contribution in [-0.4, -0.2) is 49.0 Å². The van der Waals surface area contributed by atoms with E-state index in [0.29, 0.717) is 6.54 Å². The van der Waals surface area contributed by atoms with Crippen LogP contribution in [0, 0.1) is 5.92 Å². The molecule has 1 atom stereocenters. The molecule has 0 spiro atoms. The summed E-state index contributed by atoms with van der Waals surface area (Å²) < 4.78 is 0. The monoisotopic (exact) mass is 330 g/mol. The van der Waals surface area contributed by atoms with E-state index in [9.17, 15) is 4.79 Å². The van der Waals surface area contributed by atoms with Crippen molar-refractivity contribution in [2.24, 2.45) is 5.92 Å². The third kappa shape index (κ3) is 16.0. The van der Waals surface area contributed by atoms with Gasteiger partial charge in [0.2, 0.25) is 0 Å². The first-order valence-electron chi connectivity index (χ1n) is 9.47. The van der Waals surface area contributed by atoms with Gasteiger partial charge in [-0.2, -0.15) is 0 Å². The molecule has 1 aliphatic rings. The summed E-state index contributed by atoms with van der Waals surface area (Å²) in [6, 6.07) is 0. The fraction of sp³-hybridized carbons (Fsp3) is 0.944. The summed E-state index contributed by atoms with van der Waals surface area (Å²) in [4.78, 5) is 10.3. The minimum atomic E-state index is -0.665. The second-order valence-corrected chi connectivity index (χ2v) is 6.33. The first-order chi connectivity index (χ1) is 11.2. The van der Waals surface area contributed by atoms with Crippen LogP contribution >= 0.6 is 0 Å². The third-order valence-corrected chi connectivity index (χ3v) is 4.14. The van der Waals surface area contributed by atoms with Crippen LogP contribution in [0.3, 0.4) is 0 Å². The average molecular weight is 331 g/mol. The van der Waals surface area contributed by atoms with Crippen molar-refractivity contribution in [1.29, 1.82) is 0 Å². The van der Waals surface area contributed by atoms with Crippen molar-refractivity contribution >= 4 is 5.97 Å². The number of carboxylic acid groups (broad SMARTS) is 1. The number of nitrogens with one attached hydrogen (secondary N) is 2. The molecule has 0 aliphatic carbocycles. The average Bonchev–Trinajstić information content (AvgIpc) is 2.58. The van der Waals surface area contributed by atoms with E-state index in [2.05, 4.69) is 17.6 Å². The van der Waals surface area contributed by atoms with Crippen LogP contribution in [0.1, 0.15) is 71.1 Å². The highest BCUT2D eigenvalue weighted by Gasteiger charge is 2.18. The van der Waals surface area contributed by atoms with Crippen molar-refractivity contribution in [2.45, 2.75) is 71.1 Å². The highest BCUT2D eigenvalue weighted by molar-refractivity contribution is 5.70. The molecule has 0 radical (unpaired) electrons. The number of unbranched alkanes of at least 4 members (excludes halogenated alkanes) is 7. The lowest BCUT2D eigenvalue weighted by molar-refractivity contribution is -0.142. The van der Waals surface area contributed by atoms with Crippen LogP contribution in [0.15, 0.2) is 0 Å². The number of carboxylic acids is 1. The maximum Gasteiger partial charge on any atom is 0.307 e. The lowest BCUT2D eigenvalue weighted by Gasteiger charge is -2.18. The molecular weight excluding hydrogens is 292 g/mol. The fourth-order valence-electron chi connectivity index (χ4n) is 2.65. The zero-order valence-electron chi connectivity index (χ0n) is 15.0. The number of hydrogen-bond acceptors (Lipinski definition) is 4. The van der Waals surface area contributed by atoms with Gasteiger partial charge in [-0.25, -0.2) is 0 Å². The molecule has 1 saturated heterocycles. The number of piperidine rings is 1. The van der Waals surface area contributed by atoms with Crippen LogP contribution in [0.4, 0.5) is 0 Å².